The van der Waals surface area contributed by atoms with Crippen LogP contribution in [0.25, 0.3) is 11.3 Å². The maximum absolute atomic E-state index is 4.29. The number of nitrogens with zero attached hydrogens (tertiary/aromatic N) is 4. The first-order chi connectivity index (χ1) is 17.2. The van der Waals surface area contributed by atoms with E-state index in [4.69, 9.17) is 0 Å². The summed E-state index contributed by atoms with van der Waals surface area (Å²) in [5.74, 6) is 0.399. The predicted molar refractivity (Wildman–Crippen MR) is 152 cm³/mol. The molecule has 1 aromatic heterocycles. The normalized spacial score (nSPS) is 16.9. The van der Waals surface area contributed by atoms with Gasteiger partial charge in [-0.1, -0.05) is 85.8 Å². The molecule has 0 saturated carbocycles. The summed E-state index contributed by atoms with van der Waals surface area (Å²) in [6.45, 7) is 17.2. The maximum atomic E-state index is 4.29. The Morgan fingerprint density at radius 3 is 2.47 bits per heavy atom. The smallest absolute Gasteiger partial charge is 0.105 e. The van der Waals surface area contributed by atoms with Gasteiger partial charge in [-0.25, -0.2) is 4.68 Å². The molecule has 5 heteroatoms. The van der Waals surface area contributed by atoms with Crippen LogP contribution >= 0.6 is 0 Å². The van der Waals surface area contributed by atoms with Gasteiger partial charge in [0.15, 0.2) is 0 Å². The number of benzene rings is 2. The van der Waals surface area contributed by atoms with Crippen LogP contribution in [0.1, 0.15) is 58.3 Å². The standard InChI is InChI=1S/C31H39N5/c1-9-21(3)16-18-26(22(4)10-2)30(24-14-12-11-13-15-24)36-28-20-25(29-23(5)33-34-35(29)8)17-19-27(28)32-31(36,6)7/h9,11-20,22,30,32H,1,10H2,2-8H3/b21-16-,26-18+. The van der Waals surface area contributed by atoms with Gasteiger partial charge in [-0.2, -0.15) is 0 Å². The van der Waals surface area contributed by atoms with Crippen molar-refractivity contribution in [2.24, 2.45) is 13.0 Å². The molecule has 0 aliphatic carbocycles. The Balaban J connectivity index is 1.96. The third-order valence-corrected chi connectivity index (χ3v) is 7.30. The molecule has 0 bridgehead atoms. The van der Waals surface area contributed by atoms with Crippen molar-refractivity contribution in [1.29, 1.82) is 0 Å². The summed E-state index contributed by atoms with van der Waals surface area (Å²) in [5.41, 5.74) is 8.93. The van der Waals surface area contributed by atoms with Crippen molar-refractivity contribution in [2.45, 2.75) is 59.7 Å². The Hall–Kier alpha value is -3.60. The van der Waals surface area contributed by atoms with Crippen LogP contribution in [0, 0.1) is 12.8 Å². The molecule has 1 N–H and O–H groups in total. The Kier molecular flexibility index (Phi) is 7.21. The van der Waals surface area contributed by atoms with Crippen molar-refractivity contribution in [3.8, 4) is 11.3 Å². The fraction of sp³-hybridized carbons (Fsp3) is 0.355. The van der Waals surface area contributed by atoms with Crippen molar-refractivity contribution in [1.82, 2.24) is 15.0 Å². The summed E-state index contributed by atoms with van der Waals surface area (Å²) in [6, 6.07) is 17.6. The van der Waals surface area contributed by atoms with Gasteiger partial charge in [-0.15, -0.1) is 5.10 Å². The number of anilines is 2. The number of nitrogens with one attached hydrogen (secondary N) is 1. The largest absolute Gasteiger partial charge is 0.361 e. The lowest BCUT2D eigenvalue weighted by molar-refractivity contribution is 0.471. The summed E-state index contributed by atoms with van der Waals surface area (Å²) in [5, 5.41) is 12.3. The lowest BCUT2D eigenvalue weighted by Gasteiger charge is -2.43. The number of hydrogen-bond acceptors (Lipinski definition) is 4. The number of fused-ring (bicyclic) bond motifs is 1. The third-order valence-electron chi connectivity index (χ3n) is 7.30. The number of aromatic nitrogens is 3. The highest BCUT2D eigenvalue weighted by Crippen LogP contribution is 2.49. The molecule has 3 aromatic rings. The molecule has 2 heterocycles. The average molecular weight is 482 g/mol. The van der Waals surface area contributed by atoms with Crippen molar-refractivity contribution in [3.63, 3.8) is 0 Å². The summed E-state index contributed by atoms with van der Waals surface area (Å²) >= 11 is 0. The Bertz CT molecular complexity index is 1280. The number of rotatable bonds is 8. The van der Waals surface area contributed by atoms with E-state index in [0.29, 0.717) is 5.92 Å². The maximum Gasteiger partial charge on any atom is 0.105 e. The Labute approximate surface area is 216 Å². The molecular weight excluding hydrogens is 442 g/mol. The van der Waals surface area contributed by atoms with E-state index in [-0.39, 0.29) is 11.7 Å². The second-order valence-electron chi connectivity index (χ2n) is 10.3. The van der Waals surface area contributed by atoms with E-state index in [1.807, 2.05) is 24.7 Å². The first-order valence-corrected chi connectivity index (χ1v) is 12.8. The van der Waals surface area contributed by atoms with Crippen LogP contribution in [0.5, 0.6) is 0 Å². The average Bonchev–Trinajstić information content (AvgIpc) is 3.34. The molecule has 0 saturated heterocycles. The van der Waals surface area contributed by atoms with E-state index in [2.05, 4.69) is 122 Å². The molecule has 4 rings (SSSR count). The molecule has 2 unspecified atom stereocenters. The Morgan fingerprint density at radius 2 is 1.86 bits per heavy atom. The lowest BCUT2D eigenvalue weighted by atomic mass is 9.85. The van der Waals surface area contributed by atoms with Gasteiger partial charge in [0, 0.05) is 12.6 Å². The fourth-order valence-electron chi connectivity index (χ4n) is 5.18. The van der Waals surface area contributed by atoms with Crippen molar-refractivity contribution in [2.75, 3.05) is 10.2 Å². The number of aryl methyl sites for hydroxylation is 2. The number of allylic oxidation sites excluding steroid dienone is 4. The van der Waals surface area contributed by atoms with E-state index in [0.717, 1.165) is 34.6 Å². The summed E-state index contributed by atoms with van der Waals surface area (Å²) < 4.78 is 1.86. The van der Waals surface area contributed by atoms with E-state index in [1.165, 1.54) is 16.8 Å². The monoisotopic (exact) mass is 481 g/mol. The van der Waals surface area contributed by atoms with Crippen molar-refractivity contribution >= 4 is 11.4 Å². The zero-order valence-corrected chi connectivity index (χ0v) is 22.7. The Morgan fingerprint density at radius 1 is 1.14 bits per heavy atom. The van der Waals surface area contributed by atoms with Gasteiger partial charge < -0.3 is 10.2 Å². The van der Waals surface area contributed by atoms with Gasteiger partial charge in [-0.05, 0) is 63.3 Å². The molecule has 1 aliphatic heterocycles. The molecule has 1 aliphatic rings. The van der Waals surface area contributed by atoms with Gasteiger partial charge in [-0.3, -0.25) is 0 Å². The van der Waals surface area contributed by atoms with E-state index in [9.17, 15) is 0 Å². The molecule has 2 atom stereocenters. The quantitative estimate of drug-likeness (QED) is 0.336. The van der Waals surface area contributed by atoms with E-state index >= 15 is 0 Å². The molecule has 0 amide bonds. The number of hydrogen-bond donors (Lipinski definition) is 1. The minimum atomic E-state index is -0.301. The summed E-state index contributed by atoms with van der Waals surface area (Å²) in [7, 11) is 1.95. The molecular formula is C31H39N5. The minimum Gasteiger partial charge on any atom is -0.361 e. The lowest BCUT2D eigenvalue weighted by Crippen LogP contribution is -2.48. The molecule has 0 spiro atoms. The van der Waals surface area contributed by atoms with Crippen LogP contribution in [0.4, 0.5) is 11.4 Å². The highest BCUT2D eigenvalue weighted by molar-refractivity contribution is 5.84. The fourth-order valence-corrected chi connectivity index (χ4v) is 5.18. The van der Waals surface area contributed by atoms with Crippen LogP contribution < -0.4 is 10.2 Å². The van der Waals surface area contributed by atoms with Crippen LogP contribution in [0.3, 0.4) is 0 Å². The van der Waals surface area contributed by atoms with Crippen LogP contribution in [0.15, 0.2) is 84.5 Å². The first kappa shape index (κ1) is 25.5. The van der Waals surface area contributed by atoms with Gasteiger partial charge in [0.2, 0.25) is 0 Å². The van der Waals surface area contributed by atoms with Gasteiger partial charge in [0.25, 0.3) is 0 Å². The zero-order chi connectivity index (χ0) is 26.0. The molecule has 5 nitrogen and oxygen atoms in total. The second kappa shape index (κ2) is 10.2. The van der Waals surface area contributed by atoms with Gasteiger partial charge in [0.1, 0.15) is 5.66 Å². The highest BCUT2D eigenvalue weighted by atomic mass is 15.4. The highest BCUT2D eigenvalue weighted by Gasteiger charge is 2.42. The van der Waals surface area contributed by atoms with Crippen LogP contribution in [-0.2, 0) is 7.05 Å². The first-order valence-electron chi connectivity index (χ1n) is 12.8. The van der Waals surface area contributed by atoms with Crippen LogP contribution in [-0.4, -0.2) is 20.7 Å². The molecule has 36 heavy (non-hydrogen) atoms. The molecule has 0 radical (unpaired) electrons. The van der Waals surface area contributed by atoms with Crippen molar-refractivity contribution < 1.29 is 0 Å². The topological polar surface area (TPSA) is 46.0 Å². The second-order valence-corrected chi connectivity index (χ2v) is 10.3. The zero-order valence-electron chi connectivity index (χ0n) is 22.7. The van der Waals surface area contributed by atoms with E-state index in [1.54, 1.807) is 0 Å². The van der Waals surface area contributed by atoms with E-state index < -0.39 is 0 Å². The van der Waals surface area contributed by atoms with Gasteiger partial charge in [0.05, 0.1) is 28.8 Å². The summed E-state index contributed by atoms with van der Waals surface area (Å²) in [6.07, 6.45) is 7.49. The SMILES string of the molecule is C=C/C(C)=C\C=C(/C(C)CC)C(c1ccccc1)N1c2cc(-c3c(C)nnn3C)ccc2NC1(C)C. The predicted octanol–water partition coefficient (Wildman–Crippen LogP) is 7.60. The molecule has 0 fully saturated rings. The molecule has 188 valence electrons. The molecule has 2 aromatic carbocycles. The van der Waals surface area contributed by atoms with Gasteiger partial charge >= 0.3 is 0 Å². The van der Waals surface area contributed by atoms with Crippen LogP contribution in [0.2, 0.25) is 0 Å². The van der Waals surface area contributed by atoms with Crippen molar-refractivity contribution in [3.05, 3.63) is 95.7 Å². The minimum absolute atomic E-state index is 0.0553. The third kappa shape index (κ3) is 4.75. The summed E-state index contributed by atoms with van der Waals surface area (Å²) in [4.78, 5) is 2.55.